The monoisotopic (exact) mass is 389 g/mol. The molecule has 0 bridgehead atoms. The number of aromatic amines is 1. The van der Waals surface area contributed by atoms with Crippen molar-refractivity contribution in [2.45, 2.75) is 12.8 Å². The van der Waals surface area contributed by atoms with Gasteiger partial charge >= 0.3 is 0 Å². The van der Waals surface area contributed by atoms with Crippen molar-refractivity contribution >= 4 is 39.7 Å². The standard InChI is InChI=1S/C23H23N3O3/c24-22(27)19-12-15(4-3-14-1-2-14)11-18-17-6-5-16(13-20(17)25-21(18)19)23(28)26-7-9-29-10-8-26/h3-6,11-14,25H,1-2,7-10H2,(H2,24,27)/b4-3+. The Bertz CT molecular complexity index is 1150. The number of rotatable bonds is 4. The highest BCUT2D eigenvalue weighted by Crippen LogP contribution is 2.33. The third kappa shape index (κ3) is 3.40. The van der Waals surface area contributed by atoms with Gasteiger partial charge in [-0.05, 0) is 48.6 Å². The van der Waals surface area contributed by atoms with Crippen LogP contribution < -0.4 is 5.73 Å². The number of amides is 2. The number of carbonyl (C=O) groups excluding carboxylic acids is 2. The summed E-state index contributed by atoms with van der Waals surface area (Å²) < 4.78 is 5.33. The second-order valence-electron chi connectivity index (χ2n) is 7.84. The van der Waals surface area contributed by atoms with Gasteiger partial charge in [0.25, 0.3) is 11.8 Å². The van der Waals surface area contributed by atoms with E-state index in [-0.39, 0.29) is 5.91 Å². The van der Waals surface area contributed by atoms with Crippen LogP contribution in [0.3, 0.4) is 0 Å². The molecule has 3 N–H and O–H groups in total. The average Bonchev–Trinajstić information content (AvgIpc) is 3.50. The fourth-order valence-electron chi connectivity index (χ4n) is 3.94. The molecule has 29 heavy (non-hydrogen) atoms. The molecule has 1 aliphatic heterocycles. The minimum Gasteiger partial charge on any atom is -0.378 e. The van der Waals surface area contributed by atoms with Crippen molar-refractivity contribution in [2.24, 2.45) is 11.7 Å². The summed E-state index contributed by atoms with van der Waals surface area (Å²) in [5, 5.41) is 1.92. The number of ether oxygens (including phenoxy) is 1. The first-order valence-electron chi connectivity index (χ1n) is 10.0. The van der Waals surface area contributed by atoms with Gasteiger partial charge < -0.3 is 20.4 Å². The number of fused-ring (bicyclic) bond motifs is 3. The van der Waals surface area contributed by atoms with E-state index in [2.05, 4.69) is 23.2 Å². The third-order valence-corrected chi connectivity index (χ3v) is 5.72. The molecule has 6 nitrogen and oxygen atoms in total. The number of hydrogen-bond donors (Lipinski definition) is 2. The van der Waals surface area contributed by atoms with Gasteiger partial charge in [0.1, 0.15) is 0 Å². The summed E-state index contributed by atoms with van der Waals surface area (Å²) in [4.78, 5) is 30.0. The summed E-state index contributed by atoms with van der Waals surface area (Å²) in [6.07, 6.45) is 6.72. The zero-order chi connectivity index (χ0) is 20.0. The summed E-state index contributed by atoms with van der Waals surface area (Å²) in [6.45, 7) is 2.34. The van der Waals surface area contributed by atoms with Crippen LogP contribution >= 0.6 is 0 Å². The van der Waals surface area contributed by atoms with Crippen molar-refractivity contribution < 1.29 is 14.3 Å². The fourth-order valence-corrected chi connectivity index (χ4v) is 3.94. The number of nitrogens with one attached hydrogen (secondary N) is 1. The van der Waals surface area contributed by atoms with Crippen LogP contribution in [0.1, 0.15) is 39.1 Å². The minimum atomic E-state index is -0.465. The van der Waals surface area contributed by atoms with Crippen LogP contribution in [0, 0.1) is 5.92 Å². The zero-order valence-corrected chi connectivity index (χ0v) is 16.1. The smallest absolute Gasteiger partial charge is 0.254 e. The van der Waals surface area contributed by atoms with E-state index in [0.29, 0.717) is 48.9 Å². The van der Waals surface area contributed by atoms with Gasteiger partial charge in [-0.2, -0.15) is 0 Å². The van der Waals surface area contributed by atoms with Crippen LogP contribution in [0.5, 0.6) is 0 Å². The van der Waals surface area contributed by atoms with Gasteiger partial charge in [0, 0.05) is 34.9 Å². The van der Waals surface area contributed by atoms with Gasteiger partial charge in [-0.3, -0.25) is 9.59 Å². The van der Waals surface area contributed by atoms with Crippen molar-refractivity contribution in [2.75, 3.05) is 26.3 Å². The molecule has 2 amide bonds. The summed E-state index contributed by atoms with van der Waals surface area (Å²) in [6, 6.07) is 9.56. The fraction of sp³-hybridized carbons (Fsp3) is 0.304. The van der Waals surface area contributed by atoms with Gasteiger partial charge in [0.05, 0.1) is 24.3 Å². The molecule has 3 aromatic rings. The zero-order valence-electron chi connectivity index (χ0n) is 16.1. The second kappa shape index (κ2) is 7.04. The molecule has 1 aromatic heterocycles. The van der Waals surface area contributed by atoms with Crippen LogP contribution in [-0.2, 0) is 4.74 Å². The Kier molecular flexibility index (Phi) is 4.36. The van der Waals surface area contributed by atoms with E-state index in [0.717, 1.165) is 21.9 Å². The van der Waals surface area contributed by atoms with E-state index >= 15 is 0 Å². The first kappa shape index (κ1) is 17.9. The Morgan fingerprint density at radius 2 is 1.90 bits per heavy atom. The molecule has 1 saturated carbocycles. The lowest BCUT2D eigenvalue weighted by Gasteiger charge is -2.26. The van der Waals surface area contributed by atoms with Crippen LogP contribution in [0.2, 0.25) is 0 Å². The number of benzene rings is 2. The van der Waals surface area contributed by atoms with Crippen molar-refractivity contribution in [1.29, 1.82) is 0 Å². The Labute approximate surface area is 168 Å². The molecule has 2 aliphatic rings. The van der Waals surface area contributed by atoms with Gasteiger partial charge in [0.15, 0.2) is 0 Å². The molecule has 5 rings (SSSR count). The topological polar surface area (TPSA) is 88.4 Å². The van der Waals surface area contributed by atoms with Gasteiger partial charge in [-0.1, -0.05) is 18.2 Å². The van der Waals surface area contributed by atoms with Crippen LogP contribution in [0.15, 0.2) is 36.4 Å². The maximum atomic E-state index is 12.8. The third-order valence-electron chi connectivity index (χ3n) is 5.72. The average molecular weight is 389 g/mol. The molecule has 0 spiro atoms. The van der Waals surface area contributed by atoms with Crippen LogP contribution in [-0.4, -0.2) is 48.0 Å². The largest absolute Gasteiger partial charge is 0.378 e. The molecule has 0 radical (unpaired) electrons. The Morgan fingerprint density at radius 1 is 1.10 bits per heavy atom. The maximum absolute atomic E-state index is 12.8. The predicted octanol–water partition coefficient (Wildman–Crippen LogP) is 3.32. The number of aromatic nitrogens is 1. The molecule has 0 unspecified atom stereocenters. The number of hydrogen-bond acceptors (Lipinski definition) is 3. The van der Waals surface area contributed by atoms with E-state index in [1.165, 1.54) is 12.8 Å². The Hall–Kier alpha value is -3.12. The summed E-state index contributed by atoms with van der Waals surface area (Å²) in [7, 11) is 0. The number of carbonyl (C=O) groups is 2. The molecule has 2 heterocycles. The summed E-state index contributed by atoms with van der Waals surface area (Å²) in [5.74, 6) is 0.185. The van der Waals surface area contributed by atoms with Gasteiger partial charge in [-0.15, -0.1) is 0 Å². The first-order chi connectivity index (χ1) is 14.1. The van der Waals surface area contributed by atoms with Gasteiger partial charge in [-0.25, -0.2) is 0 Å². The maximum Gasteiger partial charge on any atom is 0.254 e. The van der Waals surface area contributed by atoms with Crippen LogP contribution in [0.4, 0.5) is 0 Å². The second-order valence-corrected chi connectivity index (χ2v) is 7.84. The van der Waals surface area contributed by atoms with Crippen molar-refractivity contribution in [3.05, 3.63) is 53.1 Å². The highest BCUT2D eigenvalue weighted by Gasteiger charge is 2.21. The van der Waals surface area contributed by atoms with E-state index < -0.39 is 5.91 Å². The predicted molar refractivity (Wildman–Crippen MR) is 113 cm³/mol. The molecule has 2 fully saturated rings. The molecule has 6 heteroatoms. The molecular weight excluding hydrogens is 366 g/mol. The number of nitrogens with two attached hydrogens (primary N) is 1. The number of primary amides is 1. The highest BCUT2D eigenvalue weighted by atomic mass is 16.5. The van der Waals surface area contributed by atoms with Crippen molar-refractivity contribution in [3.63, 3.8) is 0 Å². The Balaban J connectivity index is 1.59. The number of nitrogens with zero attached hydrogens (tertiary/aromatic N) is 1. The molecule has 148 valence electrons. The number of H-pyrrole nitrogens is 1. The molecule has 1 saturated heterocycles. The van der Waals surface area contributed by atoms with E-state index in [4.69, 9.17) is 10.5 Å². The molecular formula is C23H23N3O3. The van der Waals surface area contributed by atoms with Crippen LogP contribution in [0.25, 0.3) is 27.9 Å². The van der Waals surface area contributed by atoms with E-state index in [9.17, 15) is 9.59 Å². The lowest BCUT2D eigenvalue weighted by Crippen LogP contribution is -2.40. The lowest BCUT2D eigenvalue weighted by molar-refractivity contribution is 0.0303. The molecule has 0 atom stereocenters. The van der Waals surface area contributed by atoms with E-state index in [1.54, 1.807) is 0 Å². The quantitative estimate of drug-likeness (QED) is 0.717. The lowest BCUT2D eigenvalue weighted by atomic mass is 10.0. The highest BCUT2D eigenvalue weighted by molar-refractivity contribution is 6.16. The number of allylic oxidation sites excluding steroid dienone is 1. The van der Waals surface area contributed by atoms with Crippen molar-refractivity contribution in [3.8, 4) is 0 Å². The number of morpholine rings is 1. The van der Waals surface area contributed by atoms with Crippen molar-refractivity contribution in [1.82, 2.24) is 9.88 Å². The van der Waals surface area contributed by atoms with Gasteiger partial charge in [0.2, 0.25) is 0 Å². The van der Waals surface area contributed by atoms with E-state index in [1.807, 2.05) is 29.2 Å². The Morgan fingerprint density at radius 3 is 2.62 bits per heavy atom. The SMILES string of the molecule is NC(=O)c1cc(/C=C/C2CC2)cc2c1[nH]c1cc(C(=O)N3CCOCC3)ccc12. The normalized spacial score (nSPS) is 17.4. The first-order valence-corrected chi connectivity index (χ1v) is 10.0. The summed E-state index contributed by atoms with van der Waals surface area (Å²) in [5.41, 5.74) is 9.26. The molecule has 1 aliphatic carbocycles. The summed E-state index contributed by atoms with van der Waals surface area (Å²) >= 11 is 0. The molecule has 2 aromatic carbocycles. The minimum absolute atomic E-state index is 0.00274.